The highest BCUT2D eigenvalue weighted by Gasteiger charge is 2.03. The van der Waals surface area contributed by atoms with E-state index in [-0.39, 0.29) is 0 Å². The Hall–Kier alpha value is -5.17. The fourth-order valence-electron chi connectivity index (χ4n) is 5.01. The maximum Gasteiger partial charge on any atom is 0.170 e. The van der Waals surface area contributed by atoms with Crippen LogP contribution in [0.3, 0.4) is 0 Å². The van der Waals surface area contributed by atoms with Crippen molar-refractivity contribution in [2.75, 3.05) is 33.0 Å². The highest BCUT2D eigenvalue weighted by Crippen LogP contribution is 2.23. The normalized spacial score (nSPS) is 18.7. The van der Waals surface area contributed by atoms with E-state index in [4.69, 9.17) is 0 Å². The van der Waals surface area contributed by atoms with Gasteiger partial charge in [0.25, 0.3) is 0 Å². The molecule has 0 bridgehead atoms. The Morgan fingerprint density at radius 1 is 0.354 bits per heavy atom. The average molecular weight is 638 g/mol. The molecule has 0 amide bonds. The number of dihydropyridines is 1. The van der Waals surface area contributed by atoms with Crippen molar-refractivity contribution in [3.63, 3.8) is 0 Å². The highest BCUT2D eigenvalue weighted by atomic mass is 15.3. The fourth-order valence-corrected chi connectivity index (χ4v) is 5.01. The van der Waals surface area contributed by atoms with Gasteiger partial charge in [-0.3, -0.25) is 15.0 Å². The van der Waals surface area contributed by atoms with Gasteiger partial charge in [0.1, 0.15) is 0 Å². The molecule has 7 nitrogen and oxygen atoms in total. The van der Waals surface area contributed by atoms with Gasteiger partial charge in [0, 0.05) is 25.1 Å². The predicted octanol–water partition coefficient (Wildman–Crippen LogP) is 8.71. The highest BCUT2D eigenvalue weighted by molar-refractivity contribution is 5.72. The summed E-state index contributed by atoms with van der Waals surface area (Å²) < 4.78 is 0. The van der Waals surface area contributed by atoms with E-state index in [1.807, 2.05) is 18.6 Å². The quantitative estimate of drug-likeness (QED) is 0.255. The Morgan fingerprint density at radius 2 is 0.792 bits per heavy atom. The smallest absolute Gasteiger partial charge is 0.170 e. The number of hydrogen-bond acceptors (Lipinski definition) is 7. The molecule has 0 saturated heterocycles. The summed E-state index contributed by atoms with van der Waals surface area (Å²) in [6, 6.07) is 4.58. The first-order valence-electron chi connectivity index (χ1n) is 16.9. The molecule has 0 unspecified atom stereocenters. The molecule has 0 aromatic heterocycles. The number of allylic oxidation sites excluding steroid dienone is 15. The maximum absolute atomic E-state index is 3.97. The van der Waals surface area contributed by atoms with Gasteiger partial charge in [-0.05, 0) is 83.4 Å². The largest absolute Gasteiger partial charge is 0.293 e. The first kappa shape index (κ1) is 35.7. The summed E-state index contributed by atoms with van der Waals surface area (Å²) in [5.74, 6) is 0. The fraction of sp³-hybridized carbons (Fsp3) is 0.293. The molecule has 0 fully saturated rings. The molecule has 0 radical (unpaired) electrons. The van der Waals surface area contributed by atoms with E-state index < -0.39 is 0 Å². The Balaban J connectivity index is 0.000000136. The minimum absolute atomic E-state index is 0.417. The topological polar surface area (TPSA) is 86.5 Å². The number of azo groups is 2. The standard InChI is InChI=1S/C14H12.C10H10.C6H8.C5H7N.C4H6N2.C2H4N4/c1-2-6-12-10-14-8-4-3-7-13(14)9-11(12)5-1;1-2-6-10-8-4-3-7-9(10)5-1;2*1-2-4-6-5-3-1;1-2-6-4-3-5-1;1-3-5-2-6-4-1/h1,4-10H,2-3H2;1,4-8H,2-3H2;1-2,5-6H,3-4H2;1-2,5H,3-4H2;1,4H,2-3H2;1-2H2. The summed E-state index contributed by atoms with van der Waals surface area (Å²) in [5.41, 5.74) is 5.52. The summed E-state index contributed by atoms with van der Waals surface area (Å²) in [6.07, 6.45) is 52.9. The van der Waals surface area contributed by atoms with Gasteiger partial charge in [-0.15, -0.1) is 0 Å². The third-order valence-electron chi connectivity index (χ3n) is 7.42. The number of hydrogen-bond donors (Lipinski definition) is 0. The number of nitrogens with zero attached hydrogens (tertiary/aromatic N) is 7. The lowest BCUT2D eigenvalue weighted by Gasteiger charge is -2.11. The van der Waals surface area contributed by atoms with E-state index in [1.165, 1.54) is 32.7 Å². The second-order valence-electron chi connectivity index (χ2n) is 11.0. The Morgan fingerprint density at radius 3 is 1.12 bits per heavy atom. The van der Waals surface area contributed by atoms with Gasteiger partial charge in [-0.2, -0.15) is 20.5 Å². The van der Waals surface area contributed by atoms with Gasteiger partial charge in [0.15, 0.2) is 13.3 Å². The molecule has 246 valence electrons. The molecule has 0 atom stereocenters. The van der Waals surface area contributed by atoms with Crippen LogP contribution in [0.15, 0.2) is 144 Å². The van der Waals surface area contributed by atoms with Gasteiger partial charge in [-0.1, -0.05) is 109 Å². The Labute approximate surface area is 285 Å². The van der Waals surface area contributed by atoms with Crippen molar-refractivity contribution in [3.8, 4) is 0 Å². The van der Waals surface area contributed by atoms with Crippen molar-refractivity contribution in [2.24, 2.45) is 35.4 Å². The zero-order valence-electron chi connectivity index (χ0n) is 27.9. The Kier molecular flexibility index (Phi) is 17.2. The van der Waals surface area contributed by atoms with Crippen LogP contribution in [0.2, 0.25) is 0 Å². The predicted molar refractivity (Wildman–Crippen MR) is 206 cm³/mol. The molecule has 0 spiro atoms. The molecular formula is C41H47N7. The van der Waals surface area contributed by atoms with Gasteiger partial charge in [0.2, 0.25) is 0 Å². The van der Waals surface area contributed by atoms with Crippen LogP contribution in [0.5, 0.6) is 0 Å². The van der Waals surface area contributed by atoms with E-state index in [0.717, 1.165) is 64.6 Å². The van der Waals surface area contributed by atoms with Crippen LogP contribution in [0.25, 0.3) is 24.3 Å². The molecule has 0 saturated carbocycles. The van der Waals surface area contributed by atoms with E-state index in [0.29, 0.717) is 13.3 Å². The number of benzene rings is 1. The van der Waals surface area contributed by atoms with Crippen LogP contribution in [0.1, 0.15) is 56.1 Å². The zero-order chi connectivity index (χ0) is 33.2. The molecule has 1 aromatic carbocycles. The van der Waals surface area contributed by atoms with Gasteiger partial charge < -0.3 is 0 Å². The second kappa shape index (κ2) is 23.2. The molecule has 9 rings (SSSR count). The van der Waals surface area contributed by atoms with E-state index in [9.17, 15) is 0 Å². The number of fused-ring (bicyclic) bond motifs is 3. The molecule has 1 aromatic rings. The monoisotopic (exact) mass is 637 g/mol. The van der Waals surface area contributed by atoms with Crippen molar-refractivity contribution in [1.82, 2.24) is 0 Å². The average Bonchev–Trinajstić information content (AvgIpc) is 3.21. The van der Waals surface area contributed by atoms with Crippen LogP contribution in [0, 0.1) is 0 Å². The first-order chi connectivity index (χ1) is 23.9. The van der Waals surface area contributed by atoms with Crippen molar-refractivity contribution < 1.29 is 0 Å². The van der Waals surface area contributed by atoms with Crippen LogP contribution < -0.4 is 10.4 Å². The third-order valence-corrected chi connectivity index (χ3v) is 7.42. The lowest BCUT2D eigenvalue weighted by molar-refractivity contribution is 0.733. The molecule has 0 N–H and O–H groups in total. The van der Waals surface area contributed by atoms with Gasteiger partial charge >= 0.3 is 0 Å². The van der Waals surface area contributed by atoms with Crippen molar-refractivity contribution in [2.45, 2.75) is 44.9 Å². The summed E-state index contributed by atoms with van der Waals surface area (Å²) in [5, 5.41) is 16.9. The van der Waals surface area contributed by atoms with E-state index in [2.05, 4.69) is 157 Å². The van der Waals surface area contributed by atoms with Crippen LogP contribution in [0.4, 0.5) is 0 Å². The SMILES string of the molecule is C1=CC2=CCC=CC2=CC1.C1=CCC=CC1.C1=CCN=CC1.C1=Cc2cc3c(cc2=CC1)C=CCC=3.C1=NCC=NC1.C1N=NCN=N1. The van der Waals surface area contributed by atoms with Crippen molar-refractivity contribution >= 4 is 42.9 Å². The summed E-state index contributed by atoms with van der Waals surface area (Å²) in [7, 11) is 0. The number of rotatable bonds is 0. The van der Waals surface area contributed by atoms with Crippen molar-refractivity contribution in [1.29, 1.82) is 0 Å². The zero-order valence-corrected chi connectivity index (χ0v) is 27.9. The lowest BCUT2D eigenvalue weighted by atomic mass is 9.95. The second-order valence-corrected chi connectivity index (χ2v) is 11.0. The minimum atomic E-state index is 0.417. The van der Waals surface area contributed by atoms with E-state index in [1.54, 1.807) is 0 Å². The number of aliphatic imine (C=N–C) groups is 3. The molecule has 3 heterocycles. The minimum Gasteiger partial charge on any atom is -0.293 e. The molecule has 5 aliphatic carbocycles. The molecular weight excluding hydrogens is 591 g/mol. The molecule has 3 aliphatic heterocycles. The van der Waals surface area contributed by atoms with Crippen LogP contribution in [-0.4, -0.2) is 51.6 Å². The molecule has 7 heteroatoms. The molecule has 8 aliphatic rings. The van der Waals surface area contributed by atoms with Crippen LogP contribution in [-0.2, 0) is 0 Å². The first-order valence-corrected chi connectivity index (χ1v) is 16.9. The van der Waals surface area contributed by atoms with Crippen molar-refractivity contribution in [3.05, 3.63) is 130 Å². The van der Waals surface area contributed by atoms with E-state index >= 15 is 0 Å². The summed E-state index contributed by atoms with van der Waals surface area (Å²) in [4.78, 5) is 11.8. The maximum atomic E-state index is 3.97. The summed E-state index contributed by atoms with van der Waals surface area (Å²) in [6.45, 7) is 3.28. The third kappa shape index (κ3) is 14.5. The van der Waals surface area contributed by atoms with Crippen LogP contribution >= 0.6 is 0 Å². The molecule has 48 heavy (non-hydrogen) atoms. The summed E-state index contributed by atoms with van der Waals surface area (Å²) >= 11 is 0. The lowest BCUT2D eigenvalue weighted by Crippen LogP contribution is -2.18. The Bertz CT molecular complexity index is 1460. The van der Waals surface area contributed by atoms with Gasteiger partial charge in [-0.25, -0.2) is 0 Å². The van der Waals surface area contributed by atoms with Gasteiger partial charge in [0.05, 0.1) is 19.6 Å².